The molecular formula is C28H27N. The molecule has 0 amide bonds. The average molecular weight is 378 g/mol. The Kier molecular flexibility index (Phi) is 4.89. The van der Waals surface area contributed by atoms with E-state index in [1.807, 2.05) is 0 Å². The molecule has 3 aromatic rings. The van der Waals surface area contributed by atoms with Gasteiger partial charge < -0.3 is 5.41 Å². The molecule has 29 heavy (non-hydrogen) atoms. The summed E-state index contributed by atoms with van der Waals surface area (Å²) in [6.45, 7) is 0. The van der Waals surface area contributed by atoms with Crippen molar-refractivity contribution >= 4 is 17.9 Å². The lowest BCUT2D eigenvalue weighted by Crippen LogP contribution is -2.25. The van der Waals surface area contributed by atoms with Crippen LogP contribution in [0.1, 0.15) is 65.3 Å². The van der Waals surface area contributed by atoms with Crippen LogP contribution in [0.2, 0.25) is 0 Å². The Hall–Kier alpha value is -2.93. The van der Waals surface area contributed by atoms with Crippen LogP contribution in [0.4, 0.5) is 0 Å². The maximum absolute atomic E-state index is 7.93. The fourth-order valence-corrected chi connectivity index (χ4v) is 5.63. The number of rotatable bonds is 4. The summed E-state index contributed by atoms with van der Waals surface area (Å²) in [7, 11) is 0. The summed E-state index contributed by atoms with van der Waals surface area (Å²) in [5, 5.41) is 7.93. The first-order valence-electron chi connectivity index (χ1n) is 10.8. The van der Waals surface area contributed by atoms with E-state index in [0.29, 0.717) is 17.8 Å². The summed E-state index contributed by atoms with van der Waals surface area (Å²) in [5.74, 6) is 1.50. The second-order valence-electron chi connectivity index (χ2n) is 8.40. The number of hydrogen-bond acceptors (Lipinski definition) is 1. The zero-order chi connectivity index (χ0) is 19.6. The van der Waals surface area contributed by atoms with Gasteiger partial charge in [-0.25, -0.2) is 0 Å². The summed E-state index contributed by atoms with van der Waals surface area (Å²) in [4.78, 5) is 0. The zero-order valence-electron chi connectivity index (χ0n) is 16.7. The van der Waals surface area contributed by atoms with Crippen molar-refractivity contribution in [2.45, 2.75) is 37.5 Å². The third-order valence-electron chi connectivity index (χ3n) is 6.88. The third-order valence-corrected chi connectivity index (χ3v) is 6.88. The Morgan fingerprint density at radius 3 is 2.24 bits per heavy atom. The van der Waals surface area contributed by atoms with Crippen molar-refractivity contribution in [3.05, 3.63) is 107 Å². The van der Waals surface area contributed by atoms with Gasteiger partial charge in [-0.05, 0) is 58.1 Å². The molecule has 0 spiro atoms. The molecule has 3 aromatic carbocycles. The van der Waals surface area contributed by atoms with Crippen LogP contribution in [0, 0.1) is 11.3 Å². The van der Waals surface area contributed by atoms with Crippen molar-refractivity contribution in [1.82, 2.24) is 0 Å². The Balaban J connectivity index is 1.62. The van der Waals surface area contributed by atoms with Crippen LogP contribution in [0.3, 0.4) is 0 Å². The van der Waals surface area contributed by atoms with Gasteiger partial charge in [0.1, 0.15) is 0 Å². The molecule has 0 radical (unpaired) electrons. The second-order valence-corrected chi connectivity index (χ2v) is 8.40. The molecule has 2 aliphatic carbocycles. The lowest BCUT2D eigenvalue weighted by molar-refractivity contribution is 0.289. The summed E-state index contributed by atoms with van der Waals surface area (Å²) in [5.41, 5.74) is 8.12. The third kappa shape index (κ3) is 3.25. The second kappa shape index (κ2) is 7.83. The maximum atomic E-state index is 7.93. The Bertz CT molecular complexity index is 1050. The minimum Gasteiger partial charge on any atom is -0.308 e. The smallest absolute Gasteiger partial charge is 0.0253 e. The van der Waals surface area contributed by atoms with Gasteiger partial charge >= 0.3 is 0 Å². The number of benzene rings is 3. The van der Waals surface area contributed by atoms with Crippen molar-refractivity contribution in [3.63, 3.8) is 0 Å². The molecule has 1 saturated carbocycles. The Labute approximate surface area is 173 Å². The first-order chi connectivity index (χ1) is 14.4. The van der Waals surface area contributed by atoms with E-state index in [4.69, 9.17) is 5.41 Å². The normalized spacial score (nSPS) is 23.3. The van der Waals surface area contributed by atoms with Crippen LogP contribution in [-0.2, 0) is 0 Å². The topological polar surface area (TPSA) is 23.9 Å². The van der Waals surface area contributed by atoms with Crippen LogP contribution in [0.25, 0.3) is 11.6 Å². The Morgan fingerprint density at radius 2 is 1.41 bits per heavy atom. The highest BCUT2D eigenvalue weighted by Crippen LogP contribution is 2.54. The minimum atomic E-state index is 0.428. The van der Waals surface area contributed by atoms with Crippen LogP contribution < -0.4 is 0 Å². The van der Waals surface area contributed by atoms with Crippen LogP contribution in [-0.4, -0.2) is 6.21 Å². The van der Waals surface area contributed by atoms with E-state index < -0.39 is 0 Å². The summed E-state index contributed by atoms with van der Waals surface area (Å²) in [6.07, 6.45) is 9.01. The minimum absolute atomic E-state index is 0.428. The van der Waals surface area contributed by atoms with Gasteiger partial charge in [-0.1, -0.05) is 97.8 Å². The molecule has 0 aliphatic heterocycles. The number of nitrogens with one attached hydrogen (secondary N) is 1. The first-order valence-corrected chi connectivity index (χ1v) is 10.8. The lowest BCUT2D eigenvalue weighted by atomic mass is 9.65. The number of allylic oxidation sites excluding steroid dienone is 1. The van der Waals surface area contributed by atoms with Gasteiger partial charge in [0.25, 0.3) is 0 Å². The highest BCUT2D eigenvalue weighted by atomic mass is 14.4. The van der Waals surface area contributed by atoms with Gasteiger partial charge in [0.2, 0.25) is 0 Å². The molecule has 0 heterocycles. The van der Waals surface area contributed by atoms with Crippen molar-refractivity contribution in [2.24, 2.45) is 5.92 Å². The van der Waals surface area contributed by atoms with Gasteiger partial charge in [0.05, 0.1) is 0 Å². The van der Waals surface area contributed by atoms with Gasteiger partial charge in [-0.2, -0.15) is 0 Å². The average Bonchev–Trinajstić information content (AvgIpc) is 3.19. The van der Waals surface area contributed by atoms with Crippen LogP contribution >= 0.6 is 0 Å². The largest absolute Gasteiger partial charge is 0.308 e. The molecule has 1 nitrogen and oxygen atoms in total. The molecule has 5 rings (SSSR count). The predicted molar refractivity (Wildman–Crippen MR) is 123 cm³/mol. The van der Waals surface area contributed by atoms with E-state index in [9.17, 15) is 0 Å². The van der Waals surface area contributed by atoms with E-state index in [1.165, 1.54) is 59.7 Å². The molecule has 0 aromatic heterocycles. The highest BCUT2D eigenvalue weighted by Gasteiger charge is 2.39. The highest BCUT2D eigenvalue weighted by molar-refractivity contribution is 5.92. The molecule has 2 aliphatic rings. The molecule has 0 saturated heterocycles. The predicted octanol–water partition coefficient (Wildman–Crippen LogP) is 7.30. The quantitative estimate of drug-likeness (QED) is 0.461. The van der Waals surface area contributed by atoms with Gasteiger partial charge in [0.15, 0.2) is 0 Å². The molecule has 1 N–H and O–H groups in total. The molecule has 0 bridgehead atoms. The van der Waals surface area contributed by atoms with E-state index in [-0.39, 0.29) is 0 Å². The first kappa shape index (κ1) is 18.1. The molecular weight excluding hydrogens is 350 g/mol. The molecule has 3 atom stereocenters. The van der Waals surface area contributed by atoms with Gasteiger partial charge in [0, 0.05) is 12.1 Å². The van der Waals surface area contributed by atoms with E-state index >= 15 is 0 Å². The summed E-state index contributed by atoms with van der Waals surface area (Å²) >= 11 is 0. The van der Waals surface area contributed by atoms with Gasteiger partial charge in [-0.15, -0.1) is 0 Å². The van der Waals surface area contributed by atoms with E-state index in [0.717, 1.165) is 5.56 Å². The molecule has 144 valence electrons. The lowest BCUT2D eigenvalue weighted by Gasteiger charge is -2.38. The van der Waals surface area contributed by atoms with E-state index in [2.05, 4.69) is 84.9 Å². The fourth-order valence-electron chi connectivity index (χ4n) is 5.63. The van der Waals surface area contributed by atoms with Crippen molar-refractivity contribution in [1.29, 1.82) is 5.41 Å². The maximum Gasteiger partial charge on any atom is 0.0253 e. The summed E-state index contributed by atoms with van der Waals surface area (Å²) < 4.78 is 0. The van der Waals surface area contributed by atoms with Crippen molar-refractivity contribution < 1.29 is 0 Å². The van der Waals surface area contributed by atoms with Crippen molar-refractivity contribution in [3.8, 4) is 0 Å². The van der Waals surface area contributed by atoms with E-state index in [1.54, 1.807) is 0 Å². The number of hydrogen-bond donors (Lipinski definition) is 1. The van der Waals surface area contributed by atoms with Crippen molar-refractivity contribution in [2.75, 3.05) is 0 Å². The van der Waals surface area contributed by atoms with Gasteiger partial charge in [-0.3, -0.25) is 0 Å². The van der Waals surface area contributed by atoms with Crippen LogP contribution in [0.5, 0.6) is 0 Å². The molecule has 3 unspecified atom stereocenters. The molecule has 1 heteroatoms. The Morgan fingerprint density at radius 1 is 0.724 bits per heavy atom. The standard InChI is InChI=1S/C28H27N/c29-19-22-13-5-6-14-23(22)25-16-8-9-17-26(25)28-24-15-7-4-12-21(24)18-27(28)20-10-2-1-3-11-20/h1-7,10-15,18-19,25-26,28-29H,8-9,16-17H2. The molecule has 1 fully saturated rings. The SMILES string of the molecule is N=Cc1ccccc1C1CCCCC1C1C(c2ccccc2)=Cc2ccccc21. The van der Waals surface area contributed by atoms with Crippen LogP contribution in [0.15, 0.2) is 78.9 Å². The number of fused-ring (bicyclic) bond motifs is 1. The monoisotopic (exact) mass is 377 g/mol. The fraction of sp³-hybridized carbons (Fsp3) is 0.250. The zero-order valence-corrected chi connectivity index (χ0v) is 16.7. The summed E-state index contributed by atoms with van der Waals surface area (Å²) in [6, 6.07) is 28.4.